The summed E-state index contributed by atoms with van der Waals surface area (Å²) in [4.78, 5) is 3.96. The Balaban J connectivity index is 2.69. The van der Waals surface area contributed by atoms with Gasteiger partial charge in [-0.1, -0.05) is 22.0 Å². The van der Waals surface area contributed by atoms with Crippen LogP contribution in [0.25, 0.3) is 11.0 Å². The molecular weight excluding hydrogens is 220 g/mol. The van der Waals surface area contributed by atoms with E-state index in [1.165, 1.54) is 6.33 Å². The van der Waals surface area contributed by atoms with E-state index < -0.39 is 0 Å². The van der Waals surface area contributed by atoms with E-state index in [0.717, 1.165) is 21.1 Å². The predicted octanol–water partition coefficient (Wildman–Crippen LogP) is 2.28. The van der Waals surface area contributed by atoms with Gasteiger partial charge in [0.15, 0.2) is 0 Å². The van der Waals surface area contributed by atoms with Crippen molar-refractivity contribution in [2.75, 3.05) is 0 Å². The van der Waals surface area contributed by atoms with Crippen LogP contribution in [0, 0.1) is 5.21 Å². The third-order valence-corrected chi connectivity index (χ3v) is 2.38. The topological polar surface area (TPSA) is 40.9 Å². The Morgan fingerprint density at radius 2 is 2.33 bits per heavy atom. The highest BCUT2D eigenvalue weighted by molar-refractivity contribution is 9.08. The first-order valence-electron chi connectivity index (χ1n) is 3.51. The number of nitrogens with zero attached hydrogens (tertiary/aromatic N) is 2. The van der Waals surface area contributed by atoms with E-state index in [4.69, 9.17) is 0 Å². The van der Waals surface area contributed by atoms with Crippen molar-refractivity contribution < 1.29 is 0 Å². The normalized spacial score (nSPS) is 10.8. The molecule has 0 saturated carbocycles. The highest BCUT2D eigenvalue weighted by atomic mass is 79.9. The minimum atomic E-state index is 0.625. The van der Waals surface area contributed by atoms with Gasteiger partial charge in [0.05, 0.1) is 17.4 Å². The first-order chi connectivity index (χ1) is 5.81. The van der Waals surface area contributed by atoms with Crippen LogP contribution >= 0.6 is 15.9 Å². The van der Waals surface area contributed by atoms with E-state index in [2.05, 4.69) is 20.9 Å². The summed E-state index contributed by atoms with van der Waals surface area (Å²) in [6.07, 6.45) is 1.28. The number of alkyl halides is 1. The van der Waals surface area contributed by atoms with Gasteiger partial charge in [0.2, 0.25) is 0 Å². The number of halogens is 1. The fourth-order valence-electron chi connectivity index (χ4n) is 1.12. The molecule has 62 valence electrons. The third-order valence-electron chi connectivity index (χ3n) is 1.73. The van der Waals surface area contributed by atoms with Gasteiger partial charge in [-0.3, -0.25) is 0 Å². The maximum atomic E-state index is 11.0. The van der Waals surface area contributed by atoms with E-state index in [-0.39, 0.29) is 0 Å². The number of aromatic nitrogens is 2. The summed E-state index contributed by atoms with van der Waals surface area (Å²) in [5.74, 6) is 0. The van der Waals surface area contributed by atoms with Gasteiger partial charge >= 0.3 is 0 Å². The van der Waals surface area contributed by atoms with Crippen LogP contribution in [-0.2, 0) is 5.33 Å². The smallest absolute Gasteiger partial charge is 0.0911 e. The van der Waals surface area contributed by atoms with Crippen molar-refractivity contribution in [2.45, 2.75) is 5.33 Å². The summed E-state index contributed by atoms with van der Waals surface area (Å²) in [5, 5.41) is 11.8. The second kappa shape index (κ2) is 2.79. The summed E-state index contributed by atoms with van der Waals surface area (Å²) in [5.41, 5.74) is 2.50. The maximum Gasteiger partial charge on any atom is 0.0911 e. The van der Waals surface area contributed by atoms with Crippen molar-refractivity contribution in [2.24, 2.45) is 0 Å². The molecule has 1 heterocycles. The van der Waals surface area contributed by atoms with Crippen LogP contribution in [0.15, 0.2) is 24.5 Å². The second-order valence-corrected chi connectivity index (χ2v) is 3.09. The Kier molecular flexibility index (Phi) is 1.77. The monoisotopic (exact) mass is 225 g/mol. The zero-order valence-corrected chi connectivity index (χ0v) is 7.78. The van der Waals surface area contributed by atoms with Crippen molar-refractivity contribution in [1.82, 2.24) is 9.71 Å². The Morgan fingerprint density at radius 3 is 3.08 bits per heavy atom. The van der Waals surface area contributed by atoms with E-state index >= 15 is 0 Å². The van der Waals surface area contributed by atoms with E-state index in [1.54, 1.807) is 6.07 Å². The second-order valence-electron chi connectivity index (χ2n) is 2.53. The SMILES string of the molecule is [O-]n1cnc2cc(CBr)ccc21. The van der Waals surface area contributed by atoms with Crippen LogP contribution in [0.5, 0.6) is 0 Å². The lowest BCUT2D eigenvalue weighted by molar-refractivity contribution is 1.11. The Bertz CT molecular complexity index is 410. The van der Waals surface area contributed by atoms with Crippen molar-refractivity contribution in [3.63, 3.8) is 0 Å². The van der Waals surface area contributed by atoms with Gasteiger partial charge in [-0.25, -0.2) is 4.98 Å². The zero-order valence-electron chi connectivity index (χ0n) is 6.20. The molecule has 0 spiro atoms. The van der Waals surface area contributed by atoms with Crippen molar-refractivity contribution in [3.05, 3.63) is 35.3 Å². The molecule has 1 aromatic carbocycles. The molecule has 0 bridgehead atoms. The lowest BCUT2D eigenvalue weighted by atomic mass is 10.2. The quantitative estimate of drug-likeness (QED) is 0.700. The van der Waals surface area contributed by atoms with Gasteiger partial charge in [-0.05, 0) is 17.7 Å². The van der Waals surface area contributed by atoms with Crippen LogP contribution in [-0.4, -0.2) is 9.71 Å². The lowest BCUT2D eigenvalue weighted by Crippen LogP contribution is -1.82. The fourth-order valence-corrected chi connectivity index (χ4v) is 1.47. The van der Waals surface area contributed by atoms with Crippen molar-refractivity contribution in [3.8, 4) is 0 Å². The molecule has 0 amide bonds. The number of fused-ring (bicyclic) bond motifs is 1. The van der Waals surface area contributed by atoms with Crippen LogP contribution in [0.4, 0.5) is 0 Å². The van der Waals surface area contributed by atoms with Gasteiger partial charge in [0, 0.05) is 5.33 Å². The minimum absolute atomic E-state index is 0.625. The zero-order chi connectivity index (χ0) is 8.55. The summed E-state index contributed by atoms with van der Waals surface area (Å²) < 4.78 is 0.771. The largest absolute Gasteiger partial charge is 0.805 e. The molecule has 0 N–H and O–H groups in total. The molecule has 0 aliphatic carbocycles. The molecule has 0 unspecified atom stereocenters. The molecule has 2 aromatic rings. The number of benzene rings is 1. The number of rotatable bonds is 1. The molecule has 0 saturated heterocycles. The summed E-state index contributed by atoms with van der Waals surface area (Å²) >= 11 is 3.34. The molecule has 0 fully saturated rings. The molecule has 2 rings (SSSR count). The van der Waals surface area contributed by atoms with E-state index in [0.29, 0.717) is 5.52 Å². The standard InChI is InChI=1S/C8H6BrN2O/c9-4-6-1-2-8-7(3-6)10-5-11(8)12/h1-3,5H,4H2/q-1. The molecule has 0 aliphatic rings. The highest BCUT2D eigenvalue weighted by Gasteiger charge is 1.97. The number of hydrogen-bond acceptors (Lipinski definition) is 2. The molecule has 12 heavy (non-hydrogen) atoms. The van der Waals surface area contributed by atoms with Gasteiger partial charge < -0.3 is 9.94 Å². The van der Waals surface area contributed by atoms with Crippen LogP contribution in [0.1, 0.15) is 5.56 Å². The predicted molar refractivity (Wildman–Crippen MR) is 51.1 cm³/mol. The molecule has 0 radical (unpaired) electrons. The molecular formula is C8H6BrN2O-. The average molecular weight is 226 g/mol. The first-order valence-corrected chi connectivity index (χ1v) is 4.63. The van der Waals surface area contributed by atoms with Crippen LogP contribution in [0.3, 0.4) is 0 Å². The average Bonchev–Trinajstić information content (AvgIpc) is 2.47. The molecule has 3 nitrogen and oxygen atoms in total. The number of hydrogen-bond donors (Lipinski definition) is 0. The molecule has 0 atom stereocenters. The van der Waals surface area contributed by atoms with Gasteiger partial charge in [0.1, 0.15) is 0 Å². The first kappa shape index (κ1) is 7.61. The summed E-state index contributed by atoms with van der Waals surface area (Å²) in [7, 11) is 0. The molecule has 4 heteroatoms. The van der Waals surface area contributed by atoms with E-state index in [1.807, 2.05) is 12.1 Å². The van der Waals surface area contributed by atoms with Crippen molar-refractivity contribution >= 4 is 27.0 Å². The van der Waals surface area contributed by atoms with Gasteiger partial charge in [-0.2, -0.15) is 0 Å². The lowest BCUT2D eigenvalue weighted by Gasteiger charge is -2.05. The molecule has 1 aromatic heterocycles. The van der Waals surface area contributed by atoms with E-state index in [9.17, 15) is 5.21 Å². The Hall–Kier alpha value is -1.03. The van der Waals surface area contributed by atoms with Gasteiger partial charge in [-0.15, -0.1) is 0 Å². The third kappa shape index (κ3) is 1.08. The maximum absolute atomic E-state index is 11.0. The molecule has 0 aliphatic heterocycles. The Morgan fingerprint density at radius 1 is 1.50 bits per heavy atom. The fraction of sp³-hybridized carbons (Fsp3) is 0.125. The van der Waals surface area contributed by atoms with Crippen LogP contribution in [0.2, 0.25) is 0 Å². The van der Waals surface area contributed by atoms with Crippen LogP contribution < -0.4 is 0 Å². The Labute approximate surface area is 77.7 Å². The summed E-state index contributed by atoms with van der Waals surface area (Å²) in [6, 6.07) is 5.59. The summed E-state index contributed by atoms with van der Waals surface area (Å²) in [6.45, 7) is 0. The number of imidazole rings is 1. The minimum Gasteiger partial charge on any atom is -0.805 e. The highest BCUT2D eigenvalue weighted by Crippen LogP contribution is 2.15. The van der Waals surface area contributed by atoms with Crippen molar-refractivity contribution in [1.29, 1.82) is 0 Å². The van der Waals surface area contributed by atoms with Gasteiger partial charge in [0.25, 0.3) is 0 Å².